The number of hydrogen-bond acceptors (Lipinski definition) is 9. The lowest BCUT2D eigenvalue weighted by molar-refractivity contribution is -0.139. The van der Waals surface area contributed by atoms with Crippen molar-refractivity contribution in [2.24, 2.45) is 4.99 Å². The molecule has 3 aromatic rings. The highest BCUT2D eigenvalue weighted by Crippen LogP contribution is 2.36. The fourth-order valence-electron chi connectivity index (χ4n) is 4.33. The van der Waals surface area contributed by atoms with Crippen LogP contribution >= 0.6 is 27.3 Å². The first kappa shape index (κ1) is 30.0. The summed E-state index contributed by atoms with van der Waals surface area (Å²) in [7, 11) is 0. The van der Waals surface area contributed by atoms with E-state index in [0.717, 1.165) is 0 Å². The average molecular weight is 642 g/mol. The molecule has 9 nitrogen and oxygen atoms in total. The number of aromatic nitrogens is 1. The molecule has 0 saturated heterocycles. The zero-order chi connectivity index (χ0) is 29.7. The minimum atomic E-state index is -0.807. The molecular weight excluding hydrogens is 612 g/mol. The number of nitrogens with zero attached hydrogens (tertiary/aromatic N) is 2. The summed E-state index contributed by atoms with van der Waals surface area (Å²) in [4.78, 5) is 43.5. The van der Waals surface area contributed by atoms with Crippen molar-refractivity contribution in [3.63, 3.8) is 0 Å². The Morgan fingerprint density at radius 2 is 1.85 bits per heavy atom. The van der Waals surface area contributed by atoms with E-state index < -0.39 is 18.0 Å². The van der Waals surface area contributed by atoms with Crippen molar-refractivity contribution in [3.05, 3.63) is 95.6 Å². The number of esters is 2. The van der Waals surface area contributed by atoms with E-state index in [1.807, 2.05) is 6.92 Å². The first-order valence-electron chi connectivity index (χ1n) is 12.9. The fourth-order valence-corrected chi connectivity index (χ4v) is 5.86. The van der Waals surface area contributed by atoms with Crippen LogP contribution in [0, 0.1) is 0 Å². The van der Waals surface area contributed by atoms with Gasteiger partial charge in [-0.05, 0) is 78.2 Å². The third kappa shape index (κ3) is 6.52. The summed E-state index contributed by atoms with van der Waals surface area (Å²) in [5.41, 5.74) is 1.75. The largest absolute Gasteiger partial charge is 0.490 e. The molecule has 0 unspecified atom stereocenters. The number of fused-ring (bicyclic) bond motifs is 1. The Kier molecular flexibility index (Phi) is 9.61. The van der Waals surface area contributed by atoms with Gasteiger partial charge in [-0.15, -0.1) is 0 Å². The van der Waals surface area contributed by atoms with Gasteiger partial charge in [-0.3, -0.25) is 14.2 Å². The summed E-state index contributed by atoms with van der Waals surface area (Å²) < 4.78 is 24.6. The lowest BCUT2D eigenvalue weighted by Crippen LogP contribution is -2.40. The molecule has 2 heterocycles. The first-order chi connectivity index (χ1) is 19.7. The summed E-state index contributed by atoms with van der Waals surface area (Å²) in [6.45, 7) is 11.2. The van der Waals surface area contributed by atoms with Crippen molar-refractivity contribution in [3.8, 4) is 17.2 Å². The maximum absolute atomic E-state index is 13.9. The maximum atomic E-state index is 13.9. The molecule has 0 spiro atoms. The third-order valence-corrected chi connectivity index (χ3v) is 7.57. The maximum Gasteiger partial charge on any atom is 0.338 e. The number of hydrogen-bond donors (Lipinski definition) is 0. The SMILES string of the molecule is C=CCOc1ccc([C@@H]2C(C(=O)OCC)=C(C)N=c3s/c(=C\c4ccc(OC(C)=O)c(Br)c4)c(=O)n32)cc1OCC. The molecule has 2 aromatic carbocycles. The Balaban J connectivity index is 1.89. The van der Waals surface area contributed by atoms with Crippen LogP contribution in [0.1, 0.15) is 44.9 Å². The number of halogens is 1. The van der Waals surface area contributed by atoms with E-state index >= 15 is 0 Å². The summed E-state index contributed by atoms with van der Waals surface area (Å²) in [6, 6.07) is 9.64. The van der Waals surface area contributed by atoms with Gasteiger partial charge in [0.15, 0.2) is 16.3 Å². The first-order valence-corrected chi connectivity index (χ1v) is 14.5. The lowest BCUT2D eigenvalue weighted by Gasteiger charge is -2.25. The van der Waals surface area contributed by atoms with E-state index in [0.29, 0.717) is 61.1 Å². The molecule has 0 radical (unpaired) electrons. The van der Waals surface area contributed by atoms with Crippen molar-refractivity contribution >= 4 is 45.3 Å². The minimum absolute atomic E-state index is 0.170. The second kappa shape index (κ2) is 13.1. The number of ether oxygens (including phenoxy) is 4. The van der Waals surface area contributed by atoms with Crippen LogP contribution in [-0.4, -0.2) is 36.3 Å². The van der Waals surface area contributed by atoms with Gasteiger partial charge in [-0.2, -0.15) is 0 Å². The summed E-state index contributed by atoms with van der Waals surface area (Å²) in [5, 5.41) is 0. The lowest BCUT2D eigenvalue weighted by atomic mass is 9.95. The molecule has 1 aromatic heterocycles. The molecular formula is C30H29BrN2O7S. The van der Waals surface area contributed by atoms with Crippen LogP contribution in [0.2, 0.25) is 0 Å². The predicted molar refractivity (Wildman–Crippen MR) is 159 cm³/mol. The van der Waals surface area contributed by atoms with Crippen molar-refractivity contribution in [2.75, 3.05) is 19.8 Å². The van der Waals surface area contributed by atoms with Gasteiger partial charge in [0.25, 0.3) is 5.56 Å². The van der Waals surface area contributed by atoms with E-state index in [1.165, 1.54) is 22.8 Å². The molecule has 0 N–H and O–H groups in total. The van der Waals surface area contributed by atoms with Crippen molar-refractivity contribution in [1.82, 2.24) is 4.57 Å². The highest BCUT2D eigenvalue weighted by molar-refractivity contribution is 9.10. The Hall–Kier alpha value is -3.96. The standard InChI is InChI=1S/C30H29BrN2O7S/c1-6-13-39-23-12-10-20(16-24(23)37-7-2)27-26(29(36)38-8-3)17(4)32-30-33(27)28(35)25(41-30)15-19-9-11-22(21(31)14-19)40-18(5)34/h6,9-12,14-16,27H,1,7-8,13H2,2-5H3/b25-15-/t27-/m1/s1. The molecule has 214 valence electrons. The van der Waals surface area contributed by atoms with Crippen LogP contribution in [0.25, 0.3) is 6.08 Å². The van der Waals surface area contributed by atoms with Gasteiger partial charge in [0.2, 0.25) is 0 Å². The summed E-state index contributed by atoms with van der Waals surface area (Å²) in [6.07, 6.45) is 3.36. The van der Waals surface area contributed by atoms with Crippen molar-refractivity contribution in [2.45, 2.75) is 33.7 Å². The smallest absolute Gasteiger partial charge is 0.338 e. The highest BCUT2D eigenvalue weighted by Gasteiger charge is 2.34. The average Bonchev–Trinajstić information content (AvgIpc) is 3.22. The molecule has 1 aliphatic rings. The zero-order valence-corrected chi connectivity index (χ0v) is 25.5. The topological polar surface area (TPSA) is 105 Å². The van der Waals surface area contributed by atoms with Crippen LogP contribution < -0.4 is 29.1 Å². The normalized spacial score (nSPS) is 14.7. The third-order valence-electron chi connectivity index (χ3n) is 5.96. The van der Waals surface area contributed by atoms with E-state index in [2.05, 4.69) is 27.5 Å². The minimum Gasteiger partial charge on any atom is -0.490 e. The zero-order valence-electron chi connectivity index (χ0n) is 23.1. The summed E-state index contributed by atoms with van der Waals surface area (Å²) in [5.74, 6) is 0.375. The number of carbonyl (C=O) groups excluding carboxylic acids is 2. The Labute approximate surface area is 249 Å². The van der Waals surface area contributed by atoms with E-state index in [9.17, 15) is 14.4 Å². The number of thiazole rings is 1. The Bertz CT molecular complexity index is 1720. The quantitative estimate of drug-likeness (QED) is 0.183. The molecule has 1 atom stereocenters. The van der Waals surface area contributed by atoms with Gasteiger partial charge in [0.1, 0.15) is 12.4 Å². The number of allylic oxidation sites excluding steroid dienone is 1. The van der Waals surface area contributed by atoms with Crippen LogP contribution in [0.4, 0.5) is 0 Å². The van der Waals surface area contributed by atoms with Gasteiger partial charge in [-0.25, -0.2) is 9.79 Å². The van der Waals surface area contributed by atoms with E-state index in [-0.39, 0.29) is 17.7 Å². The highest BCUT2D eigenvalue weighted by atomic mass is 79.9. The van der Waals surface area contributed by atoms with Crippen molar-refractivity contribution in [1.29, 1.82) is 0 Å². The van der Waals surface area contributed by atoms with Crippen LogP contribution in [0.3, 0.4) is 0 Å². The molecule has 0 bridgehead atoms. The molecule has 0 fully saturated rings. The van der Waals surface area contributed by atoms with Crippen molar-refractivity contribution < 1.29 is 28.5 Å². The van der Waals surface area contributed by atoms with Gasteiger partial charge in [0, 0.05) is 6.92 Å². The molecule has 41 heavy (non-hydrogen) atoms. The fraction of sp³-hybridized carbons (Fsp3) is 0.267. The molecule has 0 amide bonds. The van der Waals surface area contributed by atoms with E-state index in [1.54, 1.807) is 62.4 Å². The molecule has 0 saturated carbocycles. The number of benzene rings is 2. The number of rotatable bonds is 10. The molecule has 1 aliphatic heterocycles. The second-order valence-electron chi connectivity index (χ2n) is 8.82. The summed E-state index contributed by atoms with van der Waals surface area (Å²) >= 11 is 4.62. The van der Waals surface area contributed by atoms with Gasteiger partial charge in [-0.1, -0.05) is 36.1 Å². The Morgan fingerprint density at radius 1 is 1.10 bits per heavy atom. The monoisotopic (exact) mass is 640 g/mol. The van der Waals surface area contributed by atoms with Gasteiger partial charge < -0.3 is 18.9 Å². The molecule has 0 aliphatic carbocycles. The second-order valence-corrected chi connectivity index (χ2v) is 10.7. The van der Waals surface area contributed by atoms with E-state index in [4.69, 9.17) is 18.9 Å². The number of carbonyl (C=O) groups is 2. The van der Waals surface area contributed by atoms with Crippen LogP contribution in [0.15, 0.2) is 74.6 Å². The van der Waals surface area contributed by atoms with Crippen LogP contribution in [0.5, 0.6) is 17.2 Å². The van der Waals surface area contributed by atoms with Gasteiger partial charge in [0.05, 0.1) is 39.5 Å². The van der Waals surface area contributed by atoms with Crippen LogP contribution in [-0.2, 0) is 14.3 Å². The molecule has 4 rings (SSSR count). The van der Waals surface area contributed by atoms with Gasteiger partial charge >= 0.3 is 11.9 Å². The predicted octanol–water partition coefficient (Wildman–Crippen LogP) is 4.45. The Morgan fingerprint density at radius 3 is 2.51 bits per heavy atom. The molecule has 11 heteroatoms.